The number of nitro groups is 1. The van der Waals surface area contributed by atoms with Crippen molar-refractivity contribution in [2.45, 2.75) is 13.0 Å². The van der Waals surface area contributed by atoms with Crippen LogP contribution in [-0.4, -0.2) is 4.92 Å². The van der Waals surface area contributed by atoms with Gasteiger partial charge in [0.2, 0.25) is 0 Å². The van der Waals surface area contributed by atoms with Crippen molar-refractivity contribution in [3.8, 4) is 0 Å². The molecule has 4 nitrogen and oxygen atoms in total. The van der Waals surface area contributed by atoms with Crippen molar-refractivity contribution in [1.82, 2.24) is 0 Å². The molecule has 0 radical (unpaired) electrons. The average molecular weight is 329 g/mol. The van der Waals surface area contributed by atoms with Crippen molar-refractivity contribution in [3.05, 3.63) is 67.9 Å². The van der Waals surface area contributed by atoms with E-state index >= 15 is 0 Å². The second kappa shape index (κ2) is 6.28. The molecule has 110 valence electrons. The Bertz CT molecular complexity index is 695. The van der Waals surface area contributed by atoms with Gasteiger partial charge in [-0.25, -0.2) is 4.39 Å². The van der Waals surface area contributed by atoms with Crippen LogP contribution in [0.4, 0.5) is 15.8 Å². The Kier molecular flexibility index (Phi) is 4.65. The summed E-state index contributed by atoms with van der Waals surface area (Å²) in [6, 6.07) is 8.39. The summed E-state index contributed by atoms with van der Waals surface area (Å²) >= 11 is 11.6. The van der Waals surface area contributed by atoms with Crippen molar-refractivity contribution in [1.29, 1.82) is 0 Å². The molecule has 1 unspecified atom stereocenters. The molecule has 0 saturated carbocycles. The summed E-state index contributed by atoms with van der Waals surface area (Å²) in [6.07, 6.45) is 0. The summed E-state index contributed by atoms with van der Waals surface area (Å²) in [6.45, 7) is 1.82. The molecule has 1 N–H and O–H groups in total. The number of nitrogens with one attached hydrogen (secondary N) is 1. The standard InChI is InChI=1S/C14H11Cl2FN2O2/c1-8(9-2-4-11(15)13(17)6-9)18-14-5-3-10(19(20)21)7-12(14)16/h2-8,18H,1H3. The van der Waals surface area contributed by atoms with Crippen molar-refractivity contribution in [3.63, 3.8) is 0 Å². The number of rotatable bonds is 4. The normalized spacial score (nSPS) is 12.0. The van der Waals surface area contributed by atoms with Crippen LogP contribution in [0.25, 0.3) is 0 Å². The molecule has 0 fully saturated rings. The SMILES string of the molecule is CC(Nc1ccc([N+](=O)[O-])cc1Cl)c1ccc(Cl)c(F)c1. The van der Waals surface area contributed by atoms with Gasteiger partial charge in [0.05, 0.1) is 20.7 Å². The first-order chi connectivity index (χ1) is 9.88. The van der Waals surface area contributed by atoms with Gasteiger partial charge in [0.15, 0.2) is 0 Å². The summed E-state index contributed by atoms with van der Waals surface area (Å²) in [5, 5.41) is 14.0. The highest BCUT2D eigenvalue weighted by atomic mass is 35.5. The zero-order chi connectivity index (χ0) is 15.6. The monoisotopic (exact) mass is 328 g/mol. The highest BCUT2D eigenvalue weighted by Crippen LogP contribution is 2.30. The number of hydrogen-bond donors (Lipinski definition) is 1. The van der Waals surface area contributed by atoms with Crippen molar-refractivity contribution >= 4 is 34.6 Å². The number of benzene rings is 2. The van der Waals surface area contributed by atoms with E-state index < -0.39 is 10.7 Å². The minimum Gasteiger partial charge on any atom is -0.377 e. The molecule has 0 aliphatic heterocycles. The molecule has 0 aliphatic carbocycles. The lowest BCUT2D eigenvalue weighted by Gasteiger charge is -2.17. The molecular formula is C14H11Cl2FN2O2. The fourth-order valence-corrected chi connectivity index (χ4v) is 2.18. The van der Waals surface area contributed by atoms with Crippen LogP contribution in [0.15, 0.2) is 36.4 Å². The van der Waals surface area contributed by atoms with E-state index in [9.17, 15) is 14.5 Å². The highest BCUT2D eigenvalue weighted by Gasteiger charge is 2.13. The zero-order valence-corrected chi connectivity index (χ0v) is 12.5. The first kappa shape index (κ1) is 15.5. The van der Waals surface area contributed by atoms with E-state index in [2.05, 4.69) is 5.32 Å². The van der Waals surface area contributed by atoms with Crippen LogP contribution in [0.5, 0.6) is 0 Å². The Balaban J connectivity index is 2.21. The van der Waals surface area contributed by atoms with Gasteiger partial charge in [-0.15, -0.1) is 0 Å². The maximum Gasteiger partial charge on any atom is 0.271 e. The van der Waals surface area contributed by atoms with Gasteiger partial charge in [0, 0.05) is 18.2 Å². The number of nitrogens with zero attached hydrogens (tertiary/aromatic N) is 1. The van der Waals surface area contributed by atoms with Gasteiger partial charge in [-0.05, 0) is 30.7 Å². The summed E-state index contributed by atoms with van der Waals surface area (Å²) < 4.78 is 13.4. The van der Waals surface area contributed by atoms with Gasteiger partial charge >= 0.3 is 0 Å². The summed E-state index contributed by atoms with van der Waals surface area (Å²) in [7, 11) is 0. The van der Waals surface area contributed by atoms with E-state index in [0.29, 0.717) is 11.3 Å². The van der Waals surface area contributed by atoms with E-state index in [1.54, 1.807) is 6.07 Å². The van der Waals surface area contributed by atoms with Gasteiger partial charge in [-0.2, -0.15) is 0 Å². The topological polar surface area (TPSA) is 55.2 Å². The molecule has 2 rings (SSSR count). The Morgan fingerprint density at radius 2 is 1.90 bits per heavy atom. The molecule has 0 aromatic heterocycles. The van der Waals surface area contributed by atoms with E-state index in [4.69, 9.17) is 23.2 Å². The van der Waals surface area contributed by atoms with Crippen LogP contribution in [0.3, 0.4) is 0 Å². The highest BCUT2D eigenvalue weighted by molar-refractivity contribution is 6.33. The number of halogens is 3. The van der Waals surface area contributed by atoms with E-state index in [1.807, 2.05) is 6.92 Å². The molecule has 0 amide bonds. The van der Waals surface area contributed by atoms with Crippen LogP contribution in [-0.2, 0) is 0 Å². The minimum absolute atomic E-state index is 0.0549. The van der Waals surface area contributed by atoms with E-state index in [1.165, 1.54) is 30.3 Å². The molecule has 0 heterocycles. The number of anilines is 1. The number of hydrogen-bond acceptors (Lipinski definition) is 3. The van der Waals surface area contributed by atoms with Gasteiger partial charge in [-0.3, -0.25) is 10.1 Å². The van der Waals surface area contributed by atoms with Gasteiger partial charge in [0.1, 0.15) is 5.82 Å². The Hall–Kier alpha value is -1.85. The third-order valence-corrected chi connectivity index (χ3v) is 3.60. The maximum atomic E-state index is 13.4. The minimum atomic E-state index is -0.520. The lowest BCUT2D eigenvalue weighted by atomic mass is 10.1. The molecule has 2 aromatic rings. The predicted molar refractivity (Wildman–Crippen MR) is 81.6 cm³/mol. The average Bonchev–Trinajstić information content (AvgIpc) is 2.43. The lowest BCUT2D eigenvalue weighted by Crippen LogP contribution is -2.07. The lowest BCUT2D eigenvalue weighted by molar-refractivity contribution is -0.384. The van der Waals surface area contributed by atoms with Gasteiger partial charge in [0.25, 0.3) is 5.69 Å². The van der Waals surface area contributed by atoms with Crippen LogP contribution in [0, 0.1) is 15.9 Å². The molecule has 2 aromatic carbocycles. The molecule has 7 heteroatoms. The van der Waals surface area contributed by atoms with Crippen molar-refractivity contribution in [2.24, 2.45) is 0 Å². The molecule has 0 aliphatic rings. The zero-order valence-electron chi connectivity index (χ0n) is 10.9. The first-order valence-electron chi connectivity index (χ1n) is 6.04. The molecule has 1 atom stereocenters. The fraction of sp³-hybridized carbons (Fsp3) is 0.143. The van der Waals surface area contributed by atoms with Crippen LogP contribution in [0.1, 0.15) is 18.5 Å². The summed E-state index contributed by atoms with van der Waals surface area (Å²) in [5.74, 6) is -0.502. The maximum absolute atomic E-state index is 13.4. The predicted octanol–water partition coefficient (Wildman–Crippen LogP) is 5.21. The second-order valence-corrected chi connectivity index (χ2v) is 5.28. The van der Waals surface area contributed by atoms with Crippen LogP contribution < -0.4 is 5.32 Å². The first-order valence-corrected chi connectivity index (χ1v) is 6.79. The van der Waals surface area contributed by atoms with Gasteiger partial charge < -0.3 is 5.32 Å². The molecule has 0 bridgehead atoms. The summed E-state index contributed by atoms with van der Waals surface area (Å²) in [5.41, 5.74) is 1.13. The fourth-order valence-electron chi connectivity index (χ4n) is 1.83. The van der Waals surface area contributed by atoms with Crippen LogP contribution >= 0.6 is 23.2 Å². The largest absolute Gasteiger partial charge is 0.377 e. The number of nitro benzene ring substituents is 1. The smallest absolute Gasteiger partial charge is 0.271 e. The van der Waals surface area contributed by atoms with Gasteiger partial charge in [-0.1, -0.05) is 29.3 Å². The van der Waals surface area contributed by atoms with E-state index in [0.717, 1.165) is 0 Å². The summed E-state index contributed by atoms with van der Waals surface area (Å²) in [4.78, 5) is 10.1. The third kappa shape index (κ3) is 3.62. The Labute approximate surface area is 130 Å². The van der Waals surface area contributed by atoms with Crippen LogP contribution in [0.2, 0.25) is 10.0 Å². The molecule has 0 saturated heterocycles. The molecule has 0 spiro atoms. The Morgan fingerprint density at radius 1 is 1.19 bits per heavy atom. The second-order valence-electron chi connectivity index (χ2n) is 4.46. The van der Waals surface area contributed by atoms with E-state index in [-0.39, 0.29) is 21.8 Å². The quantitative estimate of drug-likeness (QED) is 0.618. The third-order valence-electron chi connectivity index (χ3n) is 2.98. The molecule has 21 heavy (non-hydrogen) atoms. The number of non-ortho nitro benzene ring substituents is 1. The van der Waals surface area contributed by atoms with Crippen molar-refractivity contribution in [2.75, 3.05) is 5.32 Å². The Morgan fingerprint density at radius 3 is 2.48 bits per heavy atom. The van der Waals surface area contributed by atoms with Crippen molar-refractivity contribution < 1.29 is 9.31 Å². The molecular weight excluding hydrogens is 318 g/mol.